The highest BCUT2D eigenvalue weighted by molar-refractivity contribution is 9.10. The number of hydrogen-bond acceptors (Lipinski definition) is 4. The van der Waals surface area contributed by atoms with E-state index in [1.54, 1.807) is 12.3 Å². The zero-order chi connectivity index (χ0) is 14.1. The zero-order valence-electron chi connectivity index (χ0n) is 10.6. The van der Waals surface area contributed by atoms with Crippen LogP contribution in [0.3, 0.4) is 0 Å². The van der Waals surface area contributed by atoms with Crippen LogP contribution in [0.1, 0.15) is 23.6 Å². The van der Waals surface area contributed by atoms with Gasteiger partial charge in [0.05, 0.1) is 25.5 Å². The quantitative estimate of drug-likeness (QED) is 0.884. The first kappa shape index (κ1) is 13.8. The molecule has 1 aromatic heterocycles. The Labute approximate surface area is 129 Å². The van der Waals surface area contributed by atoms with E-state index in [9.17, 15) is 0 Å². The second-order valence-electron chi connectivity index (χ2n) is 4.50. The molecule has 0 aliphatic carbocycles. The SMILES string of the molecule is NC(c1cc2c(cc1Cl)OCCCO2)c1ccoc1Br. The van der Waals surface area contributed by atoms with Crippen LogP contribution < -0.4 is 15.2 Å². The molecule has 1 atom stereocenters. The van der Waals surface area contributed by atoms with Crippen molar-refractivity contribution in [3.63, 3.8) is 0 Å². The second-order valence-corrected chi connectivity index (χ2v) is 5.63. The van der Waals surface area contributed by atoms with Gasteiger partial charge in [0.15, 0.2) is 16.2 Å². The summed E-state index contributed by atoms with van der Waals surface area (Å²) >= 11 is 9.65. The second kappa shape index (κ2) is 5.68. The van der Waals surface area contributed by atoms with E-state index in [0.717, 1.165) is 17.5 Å². The predicted octanol–water partition coefficient (Wildman–Crippen LogP) is 3.90. The van der Waals surface area contributed by atoms with Crippen molar-refractivity contribution in [2.45, 2.75) is 12.5 Å². The smallest absolute Gasteiger partial charge is 0.174 e. The lowest BCUT2D eigenvalue weighted by molar-refractivity contribution is 0.297. The molecule has 2 heterocycles. The van der Waals surface area contributed by atoms with E-state index >= 15 is 0 Å². The Morgan fingerprint density at radius 3 is 2.50 bits per heavy atom. The maximum Gasteiger partial charge on any atom is 0.174 e. The van der Waals surface area contributed by atoms with E-state index < -0.39 is 6.04 Å². The van der Waals surface area contributed by atoms with Crippen LogP contribution in [0.2, 0.25) is 5.02 Å². The summed E-state index contributed by atoms with van der Waals surface area (Å²) in [6.07, 6.45) is 2.43. The molecule has 3 rings (SSSR count). The number of rotatable bonds is 2. The molecule has 1 aliphatic heterocycles. The average Bonchev–Trinajstić information content (AvgIpc) is 2.72. The summed E-state index contributed by atoms with van der Waals surface area (Å²) in [5.41, 5.74) is 7.87. The van der Waals surface area contributed by atoms with Gasteiger partial charge in [-0.15, -0.1) is 0 Å². The van der Waals surface area contributed by atoms with Crippen LogP contribution in [0.5, 0.6) is 11.5 Å². The fourth-order valence-corrected chi connectivity index (χ4v) is 2.89. The molecule has 0 saturated carbocycles. The van der Waals surface area contributed by atoms with Crippen molar-refractivity contribution in [3.05, 3.63) is 45.3 Å². The van der Waals surface area contributed by atoms with Gasteiger partial charge < -0.3 is 19.6 Å². The van der Waals surface area contributed by atoms with Gasteiger partial charge in [0, 0.05) is 23.1 Å². The molecule has 0 bridgehead atoms. The third-order valence-electron chi connectivity index (χ3n) is 3.18. The molecule has 0 saturated heterocycles. The Morgan fingerprint density at radius 2 is 1.85 bits per heavy atom. The molecular weight excluding hydrogens is 346 g/mol. The molecule has 6 heteroatoms. The summed E-state index contributed by atoms with van der Waals surface area (Å²) in [7, 11) is 0. The highest BCUT2D eigenvalue weighted by Crippen LogP contribution is 2.39. The minimum absolute atomic E-state index is 0.396. The molecule has 106 valence electrons. The van der Waals surface area contributed by atoms with Crippen molar-refractivity contribution in [1.29, 1.82) is 0 Å². The molecule has 4 nitrogen and oxygen atoms in total. The Hall–Kier alpha value is -1.17. The molecule has 0 fully saturated rings. The third-order valence-corrected chi connectivity index (χ3v) is 4.16. The predicted molar refractivity (Wildman–Crippen MR) is 79.5 cm³/mol. The minimum Gasteiger partial charge on any atom is -0.490 e. The number of halogens is 2. The van der Waals surface area contributed by atoms with Gasteiger partial charge in [0.1, 0.15) is 0 Å². The lowest BCUT2D eigenvalue weighted by Gasteiger charge is -2.16. The van der Waals surface area contributed by atoms with Gasteiger partial charge in [-0.3, -0.25) is 0 Å². The van der Waals surface area contributed by atoms with E-state index in [1.807, 2.05) is 12.1 Å². The van der Waals surface area contributed by atoms with Gasteiger partial charge in [-0.05, 0) is 33.6 Å². The number of fused-ring (bicyclic) bond motifs is 1. The first-order valence-electron chi connectivity index (χ1n) is 6.24. The third kappa shape index (κ3) is 2.53. The maximum absolute atomic E-state index is 6.32. The molecule has 0 spiro atoms. The number of benzene rings is 1. The Morgan fingerprint density at radius 1 is 1.15 bits per heavy atom. The largest absolute Gasteiger partial charge is 0.490 e. The fourth-order valence-electron chi connectivity index (χ4n) is 2.13. The Balaban J connectivity index is 2.01. The lowest BCUT2D eigenvalue weighted by Crippen LogP contribution is -2.12. The van der Waals surface area contributed by atoms with Gasteiger partial charge in [-0.2, -0.15) is 0 Å². The van der Waals surface area contributed by atoms with Gasteiger partial charge in [-0.1, -0.05) is 11.6 Å². The summed E-state index contributed by atoms with van der Waals surface area (Å²) in [6, 6.07) is 5.01. The standard InChI is InChI=1S/C14H13BrClNO3/c15-14-8(2-5-20-14)13(17)9-6-11-12(7-10(9)16)19-4-1-3-18-11/h2,5-7,13H,1,3-4,17H2. The van der Waals surface area contributed by atoms with Crippen molar-refractivity contribution in [2.24, 2.45) is 5.73 Å². The summed E-state index contributed by atoms with van der Waals surface area (Å²) in [6.45, 7) is 1.25. The Kier molecular flexibility index (Phi) is 3.92. The van der Waals surface area contributed by atoms with Crippen LogP contribution in [0.25, 0.3) is 0 Å². The van der Waals surface area contributed by atoms with Gasteiger partial charge in [0.2, 0.25) is 0 Å². The molecule has 20 heavy (non-hydrogen) atoms. The zero-order valence-corrected chi connectivity index (χ0v) is 12.9. The van der Waals surface area contributed by atoms with Crippen molar-refractivity contribution in [2.75, 3.05) is 13.2 Å². The van der Waals surface area contributed by atoms with Crippen LogP contribution in [0, 0.1) is 0 Å². The van der Waals surface area contributed by atoms with Crippen molar-refractivity contribution < 1.29 is 13.9 Å². The number of furan rings is 1. The van der Waals surface area contributed by atoms with Gasteiger partial charge >= 0.3 is 0 Å². The molecule has 1 aromatic carbocycles. The summed E-state index contributed by atoms with van der Waals surface area (Å²) in [5, 5.41) is 0.551. The molecule has 2 N–H and O–H groups in total. The van der Waals surface area contributed by atoms with Crippen molar-refractivity contribution >= 4 is 27.5 Å². The summed E-state index contributed by atoms with van der Waals surface area (Å²) in [4.78, 5) is 0. The topological polar surface area (TPSA) is 57.6 Å². The van der Waals surface area contributed by atoms with Crippen LogP contribution in [0.15, 0.2) is 33.5 Å². The fraction of sp³-hybridized carbons (Fsp3) is 0.286. The van der Waals surface area contributed by atoms with Crippen LogP contribution >= 0.6 is 27.5 Å². The summed E-state index contributed by atoms with van der Waals surface area (Å²) < 4.78 is 17.1. The van der Waals surface area contributed by atoms with E-state index in [1.165, 1.54) is 0 Å². The molecule has 0 radical (unpaired) electrons. The lowest BCUT2D eigenvalue weighted by atomic mass is 10.0. The van der Waals surface area contributed by atoms with E-state index in [0.29, 0.717) is 34.4 Å². The van der Waals surface area contributed by atoms with E-state index in [-0.39, 0.29) is 0 Å². The highest BCUT2D eigenvalue weighted by atomic mass is 79.9. The normalized spacial score (nSPS) is 15.8. The van der Waals surface area contributed by atoms with E-state index in [2.05, 4.69) is 15.9 Å². The number of nitrogens with two attached hydrogens (primary N) is 1. The van der Waals surface area contributed by atoms with Crippen LogP contribution in [-0.2, 0) is 0 Å². The van der Waals surface area contributed by atoms with Crippen LogP contribution in [-0.4, -0.2) is 13.2 Å². The van der Waals surface area contributed by atoms with Crippen molar-refractivity contribution in [3.8, 4) is 11.5 Å². The highest BCUT2D eigenvalue weighted by Gasteiger charge is 2.21. The number of ether oxygens (including phenoxy) is 2. The van der Waals surface area contributed by atoms with Crippen LogP contribution in [0.4, 0.5) is 0 Å². The van der Waals surface area contributed by atoms with Gasteiger partial charge in [0.25, 0.3) is 0 Å². The van der Waals surface area contributed by atoms with Gasteiger partial charge in [-0.25, -0.2) is 0 Å². The molecular formula is C14H13BrClNO3. The summed E-state index contributed by atoms with van der Waals surface area (Å²) in [5.74, 6) is 1.34. The number of hydrogen-bond donors (Lipinski definition) is 1. The molecule has 0 amide bonds. The first-order valence-corrected chi connectivity index (χ1v) is 7.41. The molecule has 2 aromatic rings. The monoisotopic (exact) mass is 357 g/mol. The maximum atomic E-state index is 6.32. The van der Waals surface area contributed by atoms with Crippen molar-refractivity contribution in [1.82, 2.24) is 0 Å². The Bertz CT molecular complexity index is 629. The van der Waals surface area contributed by atoms with E-state index in [4.69, 9.17) is 31.2 Å². The first-order chi connectivity index (χ1) is 9.66. The minimum atomic E-state index is -0.396. The molecule has 1 aliphatic rings. The molecule has 1 unspecified atom stereocenters. The average molecular weight is 359 g/mol.